The Kier molecular flexibility index (Phi) is 8.10. The zero-order chi connectivity index (χ0) is 22.0. The van der Waals surface area contributed by atoms with E-state index in [-0.39, 0.29) is 5.69 Å². The van der Waals surface area contributed by atoms with Crippen molar-refractivity contribution in [2.45, 2.75) is 13.1 Å². The number of alkyl halides is 3. The van der Waals surface area contributed by atoms with Crippen LogP contribution in [-0.4, -0.2) is 24.7 Å². The van der Waals surface area contributed by atoms with Gasteiger partial charge in [0.05, 0.1) is 17.5 Å². The first-order valence-electron chi connectivity index (χ1n) is 8.86. The molecule has 0 bridgehead atoms. The number of benzene rings is 2. The monoisotopic (exact) mass is 416 g/mol. The molecule has 0 heterocycles. The van der Waals surface area contributed by atoms with E-state index in [1.54, 1.807) is 49.4 Å². The average Bonchev–Trinajstić information content (AvgIpc) is 2.73. The first kappa shape index (κ1) is 22.6. The summed E-state index contributed by atoms with van der Waals surface area (Å²) in [7, 11) is 0. The Morgan fingerprint density at radius 2 is 1.80 bits per heavy atom. The van der Waals surface area contributed by atoms with Gasteiger partial charge < -0.3 is 4.74 Å². The summed E-state index contributed by atoms with van der Waals surface area (Å²) < 4.78 is 44.0. The van der Waals surface area contributed by atoms with Gasteiger partial charge in [-0.1, -0.05) is 54.6 Å². The van der Waals surface area contributed by atoms with Crippen molar-refractivity contribution < 1.29 is 27.5 Å². The van der Waals surface area contributed by atoms with Gasteiger partial charge in [-0.3, -0.25) is 4.79 Å². The maximum atomic E-state index is 13.1. The van der Waals surface area contributed by atoms with Gasteiger partial charge in [0.2, 0.25) is 0 Å². The number of esters is 1. The maximum Gasteiger partial charge on any atom is 0.416 e. The number of rotatable bonds is 7. The molecule has 2 aromatic carbocycles. The third-order valence-corrected chi connectivity index (χ3v) is 3.65. The SMILES string of the molecule is C/C=C/C=C/C(=O)OCC(=O)N(/N=C\c1ccccc1)c1cccc(C(F)(F)F)c1. The number of allylic oxidation sites excluding steroid dienone is 3. The molecule has 1 amide bonds. The van der Waals surface area contributed by atoms with Crippen molar-refractivity contribution in [3.8, 4) is 0 Å². The number of carbonyl (C=O) groups is 2. The van der Waals surface area contributed by atoms with Gasteiger partial charge in [0, 0.05) is 6.08 Å². The molecule has 5 nitrogen and oxygen atoms in total. The molecule has 0 atom stereocenters. The fourth-order valence-electron chi connectivity index (χ4n) is 2.24. The van der Waals surface area contributed by atoms with Crippen LogP contribution < -0.4 is 5.01 Å². The molecule has 0 aliphatic heterocycles. The topological polar surface area (TPSA) is 59.0 Å². The molecule has 0 unspecified atom stereocenters. The lowest BCUT2D eigenvalue weighted by molar-refractivity contribution is -0.142. The summed E-state index contributed by atoms with van der Waals surface area (Å²) in [4.78, 5) is 24.2. The number of hydrazone groups is 1. The van der Waals surface area contributed by atoms with Crippen LogP contribution in [-0.2, 0) is 20.5 Å². The normalized spacial score (nSPS) is 12.0. The van der Waals surface area contributed by atoms with Gasteiger partial charge in [-0.2, -0.15) is 23.3 Å². The van der Waals surface area contributed by atoms with Crippen molar-refractivity contribution in [2.24, 2.45) is 5.10 Å². The first-order chi connectivity index (χ1) is 14.3. The van der Waals surface area contributed by atoms with E-state index in [1.165, 1.54) is 24.4 Å². The standard InChI is InChI=1S/C22H19F3N2O3/c1-2-3-5-13-21(29)30-16-20(28)27(26-15-17-9-6-4-7-10-17)19-12-8-11-18(14-19)22(23,24)25/h2-15H,16H2,1H3/b3-2+,13-5+,26-15-. The summed E-state index contributed by atoms with van der Waals surface area (Å²) in [6.07, 6.45) is 2.59. The maximum absolute atomic E-state index is 13.1. The molecule has 30 heavy (non-hydrogen) atoms. The Labute approximate surface area is 171 Å². The lowest BCUT2D eigenvalue weighted by Crippen LogP contribution is -2.30. The van der Waals surface area contributed by atoms with Crippen LogP contribution in [0.4, 0.5) is 18.9 Å². The van der Waals surface area contributed by atoms with Crippen LogP contribution in [0.15, 0.2) is 84.0 Å². The molecule has 0 spiro atoms. The Bertz CT molecular complexity index is 952. The number of anilines is 1. The van der Waals surface area contributed by atoms with E-state index in [0.29, 0.717) is 5.56 Å². The molecule has 0 radical (unpaired) electrons. The number of amides is 1. The minimum atomic E-state index is -4.59. The van der Waals surface area contributed by atoms with Gasteiger partial charge in [-0.05, 0) is 30.7 Å². The second-order valence-electron chi connectivity index (χ2n) is 5.90. The first-order valence-corrected chi connectivity index (χ1v) is 8.86. The fourth-order valence-corrected chi connectivity index (χ4v) is 2.24. The van der Waals surface area contributed by atoms with E-state index in [2.05, 4.69) is 5.10 Å². The number of ether oxygens (including phenoxy) is 1. The summed E-state index contributed by atoms with van der Waals surface area (Å²) in [6.45, 7) is 1.07. The molecule has 0 fully saturated rings. The molecule has 0 aromatic heterocycles. The molecule has 0 aliphatic carbocycles. The summed E-state index contributed by atoms with van der Waals surface area (Å²) in [5.41, 5.74) is -0.407. The highest BCUT2D eigenvalue weighted by Gasteiger charge is 2.31. The lowest BCUT2D eigenvalue weighted by Gasteiger charge is -2.18. The highest BCUT2D eigenvalue weighted by Crippen LogP contribution is 2.31. The van der Waals surface area contributed by atoms with E-state index >= 15 is 0 Å². The second kappa shape index (κ2) is 10.8. The van der Waals surface area contributed by atoms with Crippen LogP contribution >= 0.6 is 0 Å². The van der Waals surface area contributed by atoms with Crippen molar-refractivity contribution in [2.75, 3.05) is 11.6 Å². The molecule has 2 rings (SSSR count). The Morgan fingerprint density at radius 1 is 1.07 bits per heavy atom. The molecule has 0 aliphatic rings. The average molecular weight is 416 g/mol. The van der Waals surface area contributed by atoms with E-state index < -0.39 is 30.2 Å². The second-order valence-corrected chi connectivity index (χ2v) is 5.90. The van der Waals surface area contributed by atoms with E-state index in [4.69, 9.17) is 4.74 Å². The molecule has 8 heteroatoms. The Morgan fingerprint density at radius 3 is 2.47 bits per heavy atom. The van der Waals surface area contributed by atoms with Gasteiger partial charge in [0.25, 0.3) is 5.91 Å². The molecule has 0 saturated carbocycles. The molecule has 0 N–H and O–H groups in total. The number of nitrogens with zero attached hydrogens (tertiary/aromatic N) is 2. The molecular formula is C22H19F3N2O3. The van der Waals surface area contributed by atoms with Gasteiger partial charge >= 0.3 is 12.1 Å². The van der Waals surface area contributed by atoms with Gasteiger partial charge in [0.15, 0.2) is 6.61 Å². The van der Waals surface area contributed by atoms with Crippen molar-refractivity contribution in [3.05, 3.63) is 90.0 Å². The van der Waals surface area contributed by atoms with Crippen molar-refractivity contribution in [3.63, 3.8) is 0 Å². The van der Waals surface area contributed by atoms with Gasteiger partial charge in [-0.15, -0.1) is 0 Å². The largest absolute Gasteiger partial charge is 0.452 e. The summed E-state index contributed by atoms with van der Waals surface area (Å²) in [5, 5.41) is 4.78. The number of halogens is 3. The molecule has 0 saturated heterocycles. The van der Waals surface area contributed by atoms with E-state index in [9.17, 15) is 22.8 Å². The van der Waals surface area contributed by atoms with Gasteiger partial charge in [0.1, 0.15) is 0 Å². The van der Waals surface area contributed by atoms with Crippen LogP contribution in [0.5, 0.6) is 0 Å². The third kappa shape index (κ3) is 7.05. The highest BCUT2D eigenvalue weighted by atomic mass is 19.4. The summed E-state index contributed by atoms with van der Waals surface area (Å²) >= 11 is 0. The Hall–Kier alpha value is -3.68. The zero-order valence-corrected chi connectivity index (χ0v) is 16.0. The van der Waals surface area contributed by atoms with Crippen LogP contribution in [0.25, 0.3) is 0 Å². The van der Waals surface area contributed by atoms with Crippen molar-refractivity contribution in [1.82, 2.24) is 0 Å². The minimum absolute atomic E-state index is 0.109. The quantitative estimate of drug-likeness (QED) is 0.215. The molecule has 156 valence electrons. The summed E-state index contributed by atoms with van der Waals surface area (Å²) in [6, 6.07) is 12.9. The van der Waals surface area contributed by atoms with E-state index in [1.807, 2.05) is 0 Å². The number of hydrogen-bond acceptors (Lipinski definition) is 4. The molecular weight excluding hydrogens is 397 g/mol. The van der Waals surface area contributed by atoms with Crippen LogP contribution in [0, 0.1) is 0 Å². The van der Waals surface area contributed by atoms with Crippen LogP contribution in [0.3, 0.4) is 0 Å². The number of hydrogen-bond donors (Lipinski definition) is 0. The van der Waals surface area contributed by atoms with Crippen LogP contribution in [0.2, 0.25) is 0 Å². The van der Waals surface area contributed by atoms with E-state index in [0.717, 1.165) is 23.2 Å². The van der Waals surface area contributed by atoms with Crippen molar-refractivity contribution >= 4 is 23.8 Å². The summed E-state index contributed by atoms with van der Waals surface area (Å²) in [5.74, 6) is -1.58. The minimum Gasteiger partial charge on any atom is -0.452 e. The highest BCUT2D eigenvalue weighted by molar-refractivity contribution is 5.97. The van der Waals surface area contributed by atoms with Gasteiger partial charge in [-0.25, -0.2) is 4.79 Å². The number of carbonyl (C=O) groups excluding carboxylic acids is 2. The van der Waals surface area contributed by atoms with Crippen molar-refractivity contribution in [1.29, 1.82) is 0 Å². The predicted octanol–water partition coefficient (Wildman–Crippen LogP) is 4.75. The smallest absolute Gasteiger partial charge is 0.416 e. The Balaban J connectivity index is 2.26. The lowest BCUT2D eigenvalue weighted by atomic mass is 10.2. The zero-order valence-electron chi connectivity index (χ0n) is 16.0. The van der Waals surface area contributed by atoms with Crippen LogP contribution in [0.1, 0.15) is 18.1 Å². The third-order valence-electron chi connectivity index (χ3n) is 3.65. The predicted molar refractivity (Wildman–Crippen MR) is 108 cm³/mol. The molecule has 2 aromatic rings. The fraction of sp³-hybridized carbons (Fsp3) is 0.136.